The first kappa shape index (κ1) is 13.3. The number of aromatic nitrogens is 3. The van der Waals surface area contributed by atoms with Crippen molar-refractivity contribution in [1.29, 1.82) is 0 Å². The minimum Gasteiger partial charge on any atom is -0.351 e. The average molecular weight is 297 g/mol. The van der Waals surface area contributed by atoms with Gasteiger partial charge in [0.25, 0.3) is 5.91 Å². The summed E-state index contributed by atoms with van der Waals surface area (Å²) in [6.07, 6.45) is 7.29. The minimum atomic E-state index is 0.100. The number of amides is 1. The van der Waals surface area contributed by atoms with Crippen LogP contribution in [0.2, 0.25) is 0 Å². The molecule has 6 nitrogen and oxygen atoms in total. The first-order valence-electron chi connectivity index (χ1n) is 7.71. The van der Waals surface area contributed by atoms with Gasteiger partial charge in [-0.3, -0.25) is 9.48 Å². The third-order valence-electron chi connectivity index (χ3n) is 4.73. The van der Waals surface area contributed by atoms with E-state index in [0.29, 0.717) is 11.6 Å². The Labute approximate surface area is 129 Å². The summed E-state index contributed by atoms with van der Waals surface area (Å²) in [6, 6.07) is 6.67. The van der Waals surface area contributed by atoms with E-state index < -0.39 is 0 Å². The van der Waals surface area contributed by atoms with Gasteiger partial charge in [-0.2, -0.15) is 5.10 Å². The lowest BCUT2D eigenvalue weighted by Crippen LogP contribution is -2.39. The van der Waals surface area contributed by atoms with Crippen LogP contribution in [0.1, 0.15) is 23.2 Å². The molecule has 0 N–H and O–H groups in total. The molecule has 2 aliphatic heterocycles. The fourth-order valence-corrected chi connectivity index (χ4v) is 3.74. The van der Waals surface area contributed by atoms with Gasteiger partial charge in [0.2, 0.25) is 0 Å². The van der Waals surface area contributed by atoms with E-state index in [1.807, 2.05) is 36.3 Å². The molecule has 4 rings (SSSR count). The fourth-order valence-electron chi connectivity index (χ4n) is 3.74. The van der Waals surface area contributed by atoms with E-state index in [0.717, 1.165) is 31.7 Å². The molecule has 2 saturated heterocycles. The molecule has 2 aromatic rings. The smallest absolute Gasteiger partial charge is 0.257 e. The summed E-state index contributed by atoms with van der Waals surface area (Å²) in [5.41, 5.74) is 0.680. The maximum atomic E-state index is 12.7. The summed E-state index contributed by atoms with van der Waals surface area (Å²) >= 11 is 0. The van der Waals surface area contributed by atoms with Crippen molar-refractivity contribution in [3.63, 3.8) is 0 Å². The molecular weight excluding hydrogens is 278 g/mol. The maximum absolute atomic E-state index is 12.7. The van der Waals surface area contributed by atoms with Crippen molar-refractivity contribution in [3.8, 4) is 0 Å². The second-order valence-electron chi connectivity index (χ2n) is 5.99. The number of carbonyl (C=O) groups is 1. The predicted molar refractivity (Wildman–Crippen MR) is 82.6 cm³/mol. The van der Waals surface area contributed by atoms with Gasteiger partial charge in [0.05, 0.1) is 23.8 Å². The minimum absolute atomic E-state index is 0.100. The summed E-state index contributed by atoms with van der Waals surface area (Å²) in [7, 11) is 1.84. The molecule has 1 amide bonds. The first-order valence-corrected chi connectivity index (χ1v) is 7.71. The molecule has 0 aliphatic carbocycles. The number of pyridine rings is 1. The summed E-state index contributed by atoms with van der Waals surface area (Å²) in [5, 5.41) is 4.11. The van der Waals surface area contributed by atoms with Crippen LogP contribution in [0.15, 0.2) is 36.8 Å². The van der Waals surface area contributed by atoms with Gasteiger partial charge in [-0.05, 0) is 25.0 Å². The monoisotopic (exact) mass is 297 g/mol. The molecule has 0 saturated carbocycles. The van der Waals surface area contributed by atoms with Gasteiger partial charge < -0.3 is 9.80 Å². The highest BCUT2D eigenvalue weighted by Gasteiger charge is 2.45. The van der Waals surface area contributed by atoms with E-state index >= 15 is 0 Å². The van der Waals surface area contributed by atoms with Crippen LogP contribution in [0.4, 0.5) is 5.82 Å². The van der Waals surface area contributed by atoms with Crippen LogP contribution in [0, 0.1) is 0 Å². The number of hydrogen-bond acceptors (Lipinski definition) is 4. The van der Waals surface area contributed by atoms with E-state index in [4.69, 9.17) is 0 Å². The Morgan fingerprint density at radius 1 is 1.23 bits per heavy atom. The Bertz CT molecular complexity index is 683. The highest BCUT2D eigenvalue weighted by atomic mass is 16.2. The lowest BCUT2D eigenvalue weighted by atomic mass is 10.1. The van der Waals surface area contributed by atoms with Gasteiger partial charge in [-0.1, -0.05) is 6.07 Å². The predicted octanol–water partition coefficient (Wildman–Crippen LogP) is 1.31. The zero-order chi connectivity index (χ0) is 15.1. The molecule has 2 fully saturated rings. The first-order chi connectivity index (χ1) is 10.7. The Morgan fingerprint density at radius 3 is 2.82 bits per heavy atom. The highest BCUT2D eigenvalue weighted by molar-refractivity contribution is 5.94. The molecular formula is C16H19N5O. The van der Waals surface area contributed by atoms with E-state index in [2.05, 4.69) is 15.0 Å². The van der Waals surface area contributed by atoms with Crippen LogP contribution in [0.5, 0.6) is 0 Å². The topological polar surface area (TPSA) is 54.3 Å². The lowest BCUT2D eigenvalue weighted by molar-refractivity contribution is 0.0737. The normalized spacial score (nSPS) is 23.9. The third kappa shape index (κ3) is 2.06. The molecule has 0 spiro atoms. The summed E-state index contributed by atoms with van der Waals surface area (Å²) in [5.74, 6) is 1.12. The van der Waals surface area contributed by atoms with Gasteiger partial charge >= 0.3 is 0 Å². The summed E-state index contributed by atoms with van der Waals surface area (Å²) < 4.78 is 1.68. The number of aryl methyl sites for hydroxylation is 1. The van der Waals surface area contributed by atoms with Gasteiger partial charge in [0.1, 0.15) is 5.82 Å². The molecule has 2 aliphatic rings. The van der Waals surface area contributed by atoms with Crippen molar-refractivity contribution in [1.82, 2.24) is 19.7 Å². The molecule has 114 valence electrons. The number of fused-ring (bicyclic) bond motifs is 1. The quantitative estimate of drug-likeness (QED) is 0.838. The number of likely N-dealkylation sites (tertiary alicyclic amines) is 1. The zero-order valence-corrected chi connectivity index (χ0v) is 12.6. The molecule has 2 atom stereocenters. The number of nitrogens with zero attached hydrogens (tertiary/aromatic N) is 5. The van der Waals surface area contributed by atoms with E-state index in [9.17, 15) is 4.79 Å². The Hall–Kier alpha value is -2.37. The van der Waals surface area contributed by atoms with Crippen LogP contribution >= 0.6 is 0 Å². The molecule has 0 radical (unpaired) electrons. The Balaban J connectivity index is 1.54. The molecule has 4 heterocycles. The van der Waals surface area contributed by atoms with Crippen LogP contribution in [-0.4, -0.2) is 50.7 Å². The SMILES string of the molecule is Cn1cc(C(=O)N2CC[C@H]3[C@@H]2CCN3c2ccccn2)cn1. The van der Waals surface area contributed by atoms with Crippen molar-refractivity contribution in [2.75, 3.05) is 18.0 Å². The fraction of sp³-hybridized carbons (Fsp3) is 0.438. The van der Waals surface area contributed by atoms with Crippen LogP contribution in [-0.2, 0) is 7.05 Å². The van der Waals surface area contributed by atoms with Gasteiger partial charge in [0.15, 0.2) is 0 Å². The Morgan fingerprint density at radius 2 is 2.09 bits per heavy atom. The van der Waals surface area contributed by atoms with Crippen LogP contribution < -0.4 is 4.90 Å². The second-order valence-corrected chi connectivity index (χ2v) is 5.99. The van der Waals surface area contributed by atoms with Crippen LogP contribution in [0.3, 0.4) is 0 Å². The summed E-state index contributed by atoms with van der Waals surface area (Å²) in [6.45, 7) is 1.77. The maximum Gasteiger partial charge on any atom is 0.257 e. The van der Waals surface area contributed by atoms with E-state index in [1.165, 1.54) is 0 Å². The van der Waals surface area contributed by atoms with Crippen LogP contribution in [0.25, 0.3) is 0 Å². The van der Waals surface area contributed by atoms with E-state index in [-0.39, 0.29) is 11.9 Å². The largest absolute Gasteiger partial charge is 0.351 e. The van der Waals surface area contributed by atoms with Crippen molar-refractivity contribution in [3.05, 3.63) is 42.4 Å². The molecule has 22 heavy (non-hydrogen) atoms. The molecule has 6 heteroatoms. The molecule has 0 bridgehead atoms. The van der Waals surface area contributed by atoms with Crippen molar-refractivity contribution in [2.45, 2.75) is 24.9 Å². The van der Waals surface area contributed by atoms with Gasteiger partial charge in [0, 0.05) is 32.5 Å². The van der Waals surface area contributed by atoms with Crippen molar-refractivity contribution >= 4 is 11.7 Å². The third-order valence-corrected chi connectivity index (χ3v) is 4.73. The number of hydrogen-bond donors (Lipinski definition) is 0. The molecule has 2 aromatic heterocycles. The summed E-state index contributed by atoms with van der Waals surface area (Å²) in [4.78, 5) is 21.5. The van der Waals surface area contributed by atoms with E-state index in [1.54, 1.807) is 17.1 Å². The Kier molecular flexibility index (Phi) is 3.10. The average Bonchev–Trinajstić information content (AvgIpc) is 3.23. The van der Waals surface area contributed by atoms with Gasteiger partial charge in [-0.15, -0.1) is 0 Å². The van der Waals surface area contributed by atoms with Gasteiger partial charge in [-0.25, -0.2) is 4.98 Å². The number of carbonyl (C=O) groups excluding carboxylic acids is 1. The standard InChI is InChI=1S/C16H19N5O/c1-19-11-12(10-18-19)16(22)21-9-6-13-14(21)5-8-20(13)15-4-2-3-7-17-15/h2-4,7,10-11,13-14H,5-6,8-9H2,1H3/t13-,14-/m0/s1. The second kappa shape index (κ2) is 5.12. The van der Waals surface area contributed by atoms with Crippen molar-refractivity contribution < 1.29 is 4.79 Å². The van der Waals surface area contributed by atoms with Crippen molar-refractivity contribution in [2.24, 2.45) is 7.05 Å². The zero-order valence-electron chi connectivity index (χ0n) is 12.6. The number of anilines is 1. The molecule has 0 unspecified atom stereocenters. The molecule has 0 aromatic carbocycles. The number of rotatable bonds is 2. The lowest BCUT2D eigenvalue weighted by Gasteiger charge is -2.26. The highest BCUT2D eigenvalue weighted by Crippen LogP contribution is 2.34.